The molecule has 0 saturated carbocycles. The molecule has 4 heterocycles. The highest BCUT2D eigenvalue weighted by Crippen LogP contribution is 2.45. The molecule has 4 aromatic heterocycles. The monoisotopic (exact) mass is 723 g/mol. The fourth-order valence-corrected chi connectivity index (χ4v) is 10.1. The lowest BCUT2D eigenvalue weighted by Crippen LogP contribution is -1.96. The van der Waals surface area contributed by atoms with Crippen molar-refractivity contribution in [2.24, 2.45) is 0 Å². The van der Waals surface area contributed by atoms with Crippen molar-refractivity contribution < 1.29 is 0 Å². The first-order valence-corrected chi connectivity index (χ1v) is 19.6. The van der Waals surface area contributed by atoms with Gasteiger partial charge in [0.25, 0.3) is 0 Å². The predicted molar refractivity (Wildman–Crippen MR) is 230 cm³/mol. The number of thiophene rings is 2. The van der Waals surface area contributed by atoms with Gasteiger partial charge in [0, 0.05) is 63.3 Å². The SMILES string of the molecule is c1ccc(-c2cc(-c3ccccc3)nc(-c3cccc(-c4nc5ccc(-c6cccc7sc8ccccc8c67)cc5c5c4sc4ccccc45)c3)n2)cc1. The van der Waals surface area contributed by atoms with E-state index in [9.17, 15) is 0 Å². The maximum absolute atomic E-state index is 5.44. The van der Waals surface area contributed by atoms with Crippen LogP contribution < -0.4 is 0 Å². The second-order valence-electron chi connectivity index (χ2n) is 13.5. The molecule has 0 fully saturated rings. The molecule has 0 spiro atoms. The quantitative estimate of drug-likeness (QED) is 0.177. The molecule has 0 amide bonds. The molecule has 0 N–H and O–H groups in total. The van der Waals surface area contributed by atoms with E-state index in [4.69, 9.17) is 15.0 Å². The van der Waals surface area contributed by atoms with Crippen molar-refractivity contribution in [1.29, 1.82) is 0 Å². The molecule has 0 aliphatic rings. The van der Waals surface area contributed by atoms with Gasteiger partial charge in [-0.25, -0.2) is 15.0 Å². The van der Waals surface area contributed by atoms with Crippen LogP contribution in [0.1, 0.15) is 0 Å². The van der Waals surface area contributed by atoms with Crippen LogP contribution in [0.15, 0.2) is 176 Å². The van der Waals surface area contributed by atoms with E-state index in [2.05, 4.69) is 164 Å². The number of benzene rings is 7. The van der Waals surface area contributed by atoms with Gasteiger partial charge >= 0.3 is 0 Å². The van der Waals surface area contributed by atoms with Gasteiger partial charge in [-0.2, -0.15) is 0 Å². The Balaban J connectivity index is 1.11. The summed E-state index contributed by atoms with van der Waals surface area (Å²) in [6.07, 6.45) is 0. The molecular formula is C49H29N3S2. The molecule has 0 radical (unpaired) electrons. The van der Waals surface area contributed by atoms with Crippen LogP contribution >= 0.6 is 22.7 Å². The third kappa shape index (κ3) is 5.12. The fourth-order valence-electron chi connectivity index (χ4n) is 7.76. The van der Waals surface area contributed by atoms with Crippen molar-refractivity contribution in [3.05, 3.63) is 176 Å². The van der Waals surface area contributed by atoms with Gasteiger partial charge in [-0.05, 0) is 53.6 Å². The van der Waals surface area contributed by atoms with Crippen LogP contribution in [-0.4, -0.2) is 15.0 Å². The second-order valence-corrected chi connectivity index (χ2v) is 15.7. The Bertz CT molecular complexity index is 3160. The number of hydrogen-bond acceptors (Lipinski definition) is 5. The largest absolute Gasteiger partial charge is 0.246 e. The minimum atomic E-state index is 0.685. The number of rotatable bonds is 5. The van der Waals surface area contributed by atoms with E-state index in [1.165, 1.54) is 56.9 Å². The lowest BCUT2D eigenvalue weighted by Gasteiger charge is -2.12. The van der Waals surface area contributed by atoms with Gasteiger partial charge in [0.2, 0.25) is 0 Å². The minimum Gasteiger partial charge on any atom is -0.246 e. The first-order valence-electron chi connectivity index (χ1n) is 18.0. The summed E-state index contributed by atoms with van der Waals surface area (Å²) in [5.41, 5.74) is 10.3. The Morgan fingerprint density at radius 2 is 0.944 bits per heavy atom. The predicted octanol–water partition coefficient (Wildman–Crippen LogP) is 14.1. The van der Waals surface area contributed by atoms with Crippen molar-refractivity contribution >= 4 is 73.9 Å². The molecule has 0 atom stereocenters. The van der Waals surface area contributed by atoms with Crippen molar-refractivity contribution in [2.45, 2.75) is 0 Å². The van der Waals surface area contributed by atoms with Gasteiger partial charge in [-0.1, -0.05) is 133 Å². The average molecular weight is 724 g/mol. The molecule has 0 aliphatic carbocycles. The summed E-state index contributed by atoms with van der Waals surface area (Å²) in [4.78, 5) is 15.7. The molecule has 0 aliphatic heterocycles. The van der Waals surface area contributed by atoms with Gasteiger partial charge in [-0.3, -0.25) is 0 Å². The summed E-state index contributed by atoms with van der Waals surface area (Å²) in [7, 11) is 0. The minimum absolute atomic E-state index is 0.685. The zero-order valence-corrected chi connectivity index (χ0v) is 30.5. The maximum atomic E-state index is 5.44. The lowest BCUT2D eigenvalue weighted by molar-refractivity contribution is 1.18. The highest BCUT2D eigenvalue weighted by Gasteiger charge is 2.19. The van der Waals surface area contributed by atoms with Crippen molar-refractivity contribution in [2.75, 3.05) is 0 Å². The van der Waals surface area contributed by atoms with E-state index in [0.29, 0.717) is 5.82 Å². The number of nitrogens with zero attached hydrogens (tertiary/aromatic N) is 3. The molecule has 11 rings (SSSR count). The Morgan fingerprint density at radius 3 is 1.69 bits per heavy atom. The summed E-state index contributed by atoms with van der Waals surface area (Å²) in [6.45, 7) is 0. The molecule has 54 heavy (non-hydrogen) atoms. The van der Waals surface area contributed by atoms with Crippen LogP contribution in [0.5, 0.6) is 0 Å². The van der Waals surface area contributed by atoms with E-state index in [1.54, 1.807) is 0 Å². The van der Waals surface area contributed by atoms with Crippen LogP contribution in [0.2, 0.25) is 0 Å². The first kappa shape index (κ1) is 31.0. The summed E-state index contributed by atoms with van der Waals surface area (Å²) in [6, 6.07) is 62.3. The van der Waals surface area contributed by atoms with E-state index < -0.39 is 0 Å². The van der Waals surface area contributed by atoms with E-state index in [-0.39, 0.29) is 0 Å². The first-order chi connectivity index (χ1) is 26.7. The lowest BCUT2D eigenvalue weighted by atomic mass is 9.96. The fraction of sp³-hybridized carbons (Fsp3) is 0. The van der Waals surface area contributed by atoms with Gasteiger partial charge < -0.3 is 0 Å². The maximum Gasteiger partial charge on any atom is 0.160 e. The standard InChI is InChI=1S/C49H29N3S2/c1-3-13-30(14-4-1)40-29-41(31-15-5-2-6-16-31)52-49(51-40)34-18-11-17-33(27-34)47-48-46(37-20-8-10-23-43(37)54-48)38-28-32(25-26-39(38)50-47)35-21-12-24-44-45(35)36-19-7-9-22-42(36)53-44/h1-29H. The van der Waals surface area contributed by atoms with Crippen LogP contribution in [0.4, 0.5) is 0 Å². The molecule has 0 saturated heterocycles. The highest BCUT2D eigenvalue weighted by atomic mass is 32.1. The molecule has 0 bridgehead atoms. The molecule has 11 aromatic rings. The summed E-state index contributed by atoms with van der Waals surface area (Å²) in [5, 5.41) is 6.30. The van der Waals surface area contributed by atoms with Gasteiger partial charge in [0.05, 0.1) is 27.3 Å². The van der Waals surface area contributed by atoms with Crippen LogP contribution in [0, 0.1) is 0 Å². The van der Waals surface area contributed by atoms with Crippen molar-refractivity contribution in [1.82, 2.24) is 15.0 Å². The van der Waals surface area contributed by atoms with Crippen molar-refractivity contribution in [3.63, 3.8) is 0 Å². The van der Waals surface area contributed by atoms with Crippen molar-refractivity contribution in [3.8, 4) is 56.3 Å². The second kappa shape index (κ2) is 12.6. The summed E-state index contributed by atoms with van der Waals surface area (Å²) in [5.74, 6) is 0.685. The van der Waals surface area contributed by atoms with Crippen LogP contribution in [0.25, 0.3) is 108 Å². The van der Waals surface area contributed by atoms with Crippen LogP contribution in [0.3, 0.4) is 0 Å². The Kier molecular flexibility index (Phi) is 7.22. The summed E-state index contributed by atoms with van der Waals surface area (Å²) >= 11 is 3.67. The smallest absolute Gasteiger partial charge is 0.160 e. The molecule has 5 heteroatoms. The Morgan fingerprint density at radius 1 is 0.352 bits per heavy atom. The molecule has 252 valence electrons. The molecule has 0 unspecified atom stereocenters. The number of fused-ring (bicyclic) bond motifs is 8. The molecule has 7 aromatic carbocycles. The molecular weight excluding hydrogens is 695 g/mol. The summed E-state index contributed by atoms with van der Waals surface area (Å²) < 4.78 is 5.06. The zero-order chi connectivity index (χ0) is 35.6. The van der Waals surface area contributed by atoms with E-state index >= 15 is 0 Å². The number of aromatic nitrogens is 3. The zero-order valence-electron chi connectivity index (χ0n) is 28.9. The van der Waals surface area contributed by atoms with Gasteiger partial charge in [0.15, 0.2) is 5.82 Å². The molecule has 3 nitrogen and oxygen atoms in total. The van der Waals surface area contributed by atoms with E-state index in [0.717, 1.165) is 44.9 Å². The average Bonchev–Trinajstić information content (AvgIpc) is 3.83. The number of hydrogen-bond donors (Lipinski definition) is 0. The number of pyridine rings is 1. The van der Waals surface area contributed by atoms with Gasteiger partial charge in [-0.15, -0.1) is 22.7 Å². The Hall–Kier alpha value is -6.53. The topological polar surface area (TPSA) is 38.7 Å². The third-order valence-electron chi connectivity index (χ3n) is 10.3. The van der Waals surface area contributed by atoms with Gasteiger partial charge in [0.1, 0.15) is 0 Å². The van der Waals surface area contributed by atoms with Crippen LogP contribution in [-0.2, 0) is 0 Å². The highest BCUT2D eigenvalue weighted by molar-refractivity contribution is 7.26. The van der Waals surface area contributed by atoms with E-state index in [1.807, 2.05) is 34.8 Å². The third-order valence-corrected chi connectivity index (χ3v) is 12.6. The normalized spacial score (nSPS) is 11.7. The Labute approximate surface area is 319 Å².